The molecule has 1 aromatic rings. The van der Waals surface area contributed by atoms with Gasteiger partial charge in [0.15, 0.2) is 5.69 Å². The number of hydrogen-bond donors (Lipinski definition) is 2. The molecule has 0 spiro atoms. The topological polar surface area (TPSA) is 110 Å². The largest absolute Gasteiger partial charge is 0.505 e. The van der Waals surface area contributed by atoms with E-state index in [-0.39, 0.29) is 35.4 Å². The summed E-state index contributed by atoms with van der Waals surface area (Å²) in [5, 5.41) is 20.7. The number of hydrogen-bond acceptors (Lipinski definition) is 5. The maximum atomic E-state index is 11.8. The lowest BCUT2D eigenvalue weighted by atomic mass is 10.1. The molecule has 1 aromatic carbocycles. The Bertz CT molecular complexity index is 503. The van der Waals surface area contributed by atoms with Crippen LogP contribution in [-0.2, 0) is 4.79 Å². The van der Waals surface area contributed by atoms with E-state index in [2.05, 4.69) is 0 Å². The third kappa shape index (κ3) is 2.00. The molecule has 1 fully saturated rings. The zero-order valence-corrected chi connectivity index (χ0v) is 9.57. The van der Waals surface area contributed by atoms with E-state index in [0.29, 0.717) is 13.1 Å². The van der Waals surface area contributed by atoms with Crippen molar-refractivity contribution in [1.29, 1.82) is 0 Å². The van der Waals surface area contributed by atoms with Crippen LogP contribution in [0.25, 0.3) is 0 Å². The first kappa shape index (κ1) is 12.3. The fraction of sp³-hybridized carbons (Fsp3) is 0.364. The Kier molecular flexibility index (Phi) is 3.15. The molecule has 7 heteroatoms. The summed E-state index contributed by atoms with van der Waals surface area (Å²) in [5.41, 5.74) is 5.18. The Morgan fingerprint density at radius 1 is 1.56 bits per heavy atom. The van der Waals surface area contributed by atoms with E-state index in [0.717, 1.165) is 0 Å². The lowest BCUT2D eigenvalue weighted by molar-refractivity contribution is -0.384. The van der Waals surface area contributed by atoms with E-state index >= 15 is 0 Å². The molecule has 2 rings (SSSR count). The molecule has 1 amide bonds. The van der Waals surface area contributed by atoms with E-state index < -0.39 is 4.92 Å². The van der Waals surface area contributed by atoms with Crippen molar-refractivity contribution in [2.45, 2.75) is 6.42 Å². The van der Waals surface area contributed by atoms with Crippen molar-refractivity contribution in [3.05, 3.63) is 28.3 Å². The average molecular weight is 251 g/mol. The molecule has 1 saturated heterocycles. The summed E-state index contributed by atoms with van der Waals surface area (Å²) < 4.78 is 0. The summed E-state index contributed by atoms with van der Waals surface area (Å²) in [6, 6.07) is 3.96. The molecule has 3 N–H and O–H groups in total. The molecular weight excluding hydrogens is 238 g/mol. The number of benzene rings is 1. The number of nitro benzene ring substituents is 1. The van der Waals surface area contributed by atoms with Gasteiger partial charge in [0.05, 0.1) is 4.92 Å². The van der Waals surface area contributed by atoms with E-state index in [9.17, 15) is 20.0 Å². The first-order chi connectivity index (χ1) is 8.54. The van der Waals surface area contributed by atoms with E-state index in [1.807, 2.05) is 0 Å². The van der Waals surface area contributed by atoms with Crippen molar-refractivity contribution in [1.82, 2.24) is 0 Å². The molecule has 1 unspecified atom stereocenters. The lowest BCUT2D eigenvalue weighted by Gasteiger charge is -2.17. The maximum absolute atomic E-state index is 11.8. The van der Waals surface area contributed by atoms with Gasteiger partial charge in [-0.05, 0) is 18.5 Å². The van der Waals surface area contributed by atoms with Crippen LogP contribution in [0.1, 0.15) is 6.42 Å². The van der Waals surface area contributed by atoms with Crippen LogP contribution < -0.4 is 10.6 Å². The highest BCUT2D eigenvalue weighted by atomic mass is 16.6. The second-order valence-electron chi connectivity index (χ2n) is 4.21. The summed E-state index contributed by atoms with van der Waals surface area (Å²) in [6.45, 7) is 0.636. The number of rotatable bonds is 3. The second-order valence-corrected chi connectivity index (χ2v) is 4.21. The van der Waals surface area contributed by atoms with Gasteiger partial charge in [-0.25, -0.2) is 0 Å². The predicted molar refractivity (Wildman–Crippen MR) is 64.3 cm³/mol. The quantitative estimate of drug-likeness (QED) is 0.604. The number of aromatic hydroxyl groups is 1. The minimum absolute atomic E-state index is 0.0308. The SMILES string of the molecule is NCC1CC(=O)N(c2c(O)cccc2[N+](=O)[O-])C1. The Labute approximate surface area is 103 Å². The van der Waals surface area contributed by atoms with Gasteiger partial charge in [0, 0.05) is 19.0 Å². The normalized spacial score (nSPS) is 19.3. The van der Waals surface area contributed by atoms with E-state index in [4.69, 9.17) is 5.73 Å². The smallest absolute Gasteiger partial charge is 0.296 e. The summed E-state index contributed by atoms with van der Waals surface area (Å²) in [4.78, 5) is 23.4. The molecule has 1 heterocycles. The molecule has 0 saturated carbocycles. The van der Waals surface area contributed by atoms with E-state index in [1.165, 1.54) is 23.1 Å². The molecule has 1 aliphatic heterocycles. The highest BCUT2D eigenvalue weighted by Gasteiger charge is 2.35. The first-order valence-electron chi connectivity index (χ1n) is 5.51. The molecule has 0 aromatic heterocycles. The number of phenolic OH excluding ortho intramolecular Hbond substituents is 1. The number of phenols is 1. The Balaban J connectivity index is 2.45. The summed E-state index contributed by atoms with van der Waals surface area (Å²) in [7, 11) is 0. The number of carbonyl (C=O) groups excluding carboxylic acids is 1. The van der Waals surface area contributed by atoms with Crippen molar-refractivity contribution in [2.75, 3.05) is 18.0 Å². The van der Waals surface area contributed by atoms with Crippen LogP contribution in [0.5, 0.6) is 5.75 Å². The highest BCUT2D eigenvalue weighted by Crippen LogP contribution is 2.39. The van der Waals surface area contributed by atoms with Crippen molar-refractivity contribution >= 4 is 17.3 Å². The second kappa shape index (κ2) is 4.61. The molecule has 96 valence electrons. The third-order valence-corrected chi connectivity index (χ3v) is 3.00. The van der Waals surface area contributed by atoms with Crippen LogP contribution >= 0.6 is 0 Å². The fourth-order valence-corrected chi connectivity index (χ4v) is 2.10. The highest BCUT2D eigenvalue weighted by molar-refractivity contribution is 5.99. The van der Waals surface area contributed by atoms with Gasteiger partial charge in [0.2, 0.25) is 5.91 Å². The minimum Gasteiger partial charge on any atom is -0.505 e. The molecule has 7 nitrogen and oxygen atoms in total. The third-order valence-electron chi connectivity index (χ3n) is 3.00. The van der Waals surface area contributed by atoms with Crippen molar-refractivity contribution in [2.24, 2.45) is 11.7 Å². The Morgan fingerprint density at radius 2 is 2.28 bits per heavy atom. The van der Waals surface area contributed by atoms with Gasteiger partial charge in [0.1, 0.15) is 5.75 Å². The minimum atomic E-state index is -0.613. The lowest BCUT2D eigenvalue weighted by Crippen LogP contribution is -2.26. The first-order valence-corrected chi connectivity index (χ1v) is 5.51. The number of nitro groups is 1. The van der Waals surface area contributed by atoms with Gasteiger partial charge in [0.25, 0.3) is 5.69 Å². The Morgan fingerprint density at radius 3 is 2.83 bits per heavy atom. The van der Waals surface area contributed by atoms with Crippen LogP contribution in [0.15, 0.2) is 18.2 Å². The van der Waals surface area contributed by atoms with E-state index in [1.54, 1.807) is 0 Å². The summed E-state index contributed by atoms with van der Waals surface area (Å²) >= 11 is 0. The van der Waals surface area contributed by atoms with Crippen LogP contribution in [-0.4, -0.2) is 29.0 Å². The monoisotopic (exact) mass is 251 g/mol. The fourth-order valence-electron chi connectivity index (χ4n) is 2.10. The number of anilines is 1. The van der Waals surface area contributed by atoms with Crippen LogP contribution in [0.2, 0.25) is 0 Å². The molecule has 0 aliphatic carbocycles. The molecular formula is C11H13N3O4. The number of amides is 1. The van der Waals surface area contributed by atoms with Crippen LogP contribution in [0, 0.1) is 16.0 Å². The van der Waals surface area contributed by atoms with Gasteiger partial charge < -0.3 is 15.7 Å². The zero-order chi connectivity index (χ0) is 13.3. The van der Waals surface area contributed by atoms with Gasteiger partial charge >= 0.3 is 0 Å². The zero-order valence-electron chi connectivity index (χ0n) is 9.57. The van der Waals surface area contributed by atoms with Crippen molar-refractivity contribution < 1.29 is 14.8 Å². The maximum Gasteiger partial charge on any atom is 0.296 e. The van der Waals surface area contributed by atoms with Gasteiger partial charge in [-0.3, -0.25) is 14.9 Å². The molecule has 0 radical (unpaired) electrons. The predicted octanol–water partition coefficient (Wildman–Crippen LogP) is 0.612. The van der Waals surface area contributed by atoms with Crippen LogP contribution in [0.4, 0.5) is 11.4 Å². The number of para-hydroxylation sites is 1. The van der Waals surface area contributed by atoms with Crippen molar-refractivity contribution in [3.63, 3.8) is 0 Å². The molecule has 18 heavy (non-hydrogen) atoms. The van der Waals surface area contributed by atoms with Crippen LogP contribution in [0.3, 0.4) is 0 Å². The Hall–Kier alpha value is -2.15. The van der Waals surface area contributed by atoms with Gasteiger partial charge in [-0.1, -0.05) is 6.07 Å². The van der Waals surface area contributed by atoms with Gasteiger partial charge in [-0.15, -0.1) is 0 Å². The van der Waals surface area contributed by atoms with Gasteiger partial charge in [-0.2, -0.15) is 0 Å². The summed E-state index contributed by atoms with van der Waals surface area (Å²) in [6.07, 6.45) is 0.252. The number of nitrogens with zero attached hydrogens (tertiary/aromatic N) is 2. The average Bonchev–Trinajstić information content (AvgIpc) is 2.70. The molecule has 1 atom stereocenters. The van der Waals surface area contributed by atoms with Crippen molar-refractivity contribution in [3.8, 4) is 5.75 Å². The molecule has 0 bridgehead atoms. The standard InChI is InChI=1S/C11H13N3O4/c12-5-7-4-10(16)13(6-7)11-8(14(17)18)2-1-3-9(11)15/h1-3,7,15H,4-6,12H2. The number of nitrogens with two attached hydrogens (primary N) is 1. The summed E-state index contributed by atoms with van der Waals surface area (Å²) in [5.74, 6) is -0.554. The number of carbonyl (C=O) groups is 1. The molecule has 1 aliphatic rings.